The van der Waals surface area contributed by atoms with Crippen LogP contribution in [0, 0.1) is 0 Å². The van der Waals surface area contributed by atoms with Gasteiger partial charge >= 0.3 is 0 Å². The molecular weight excluding hydrogens is 260 g/mol. The van der Waals surface area contributed by atoms with Crippen molar-refractivity contribution in [2.45, 2.75) is 6.54 Å². The van der Waals surface area contributed by atoms with Crippen LogP contribution >= 0.6 is 0 Å². The molecule has 1 aromatic carbocycles. The standard InChI is InChI=1S/C13H22N4O3/c1-18-7-6-15-13(17-14)16-9-10-4-5-11(19-2)8-12(10)20-3/h4-5,8H,6-7,9,14H2,1-3H3,(H2,15,16,17). The van der Waals surface area contributed by atoms with Gasteiger partial charge in [-0.25, -0.2) is 10.8 Å². The Labute approximate surface area is 119 Å². The third-order valence-corrected chi connectivity index (χ3v) is 2.64. The molecule has 0 saturated carbocycles. The molecule has 0 aliphatic heterocycles. The van der Waals surface area contributed by atoms with Gasteiger partial charge in [0.15, 0.2) is 0 Å². The average molecular weight is 282 g/mol. The van der Waals surface area contributed by atoms with E-state index >= 15 is 0 Å². The molecule has 112 valence electrons. The van der Waals surface area contributed by atoms with Crippen LogP contribution < -0.4 is 26.1 Å². The molecule has 0 spiro atoms. The molecule has 1 aromatic rings. The lowest BCUT2D eigenvalue weighted by atomic mass is 10.2. The highest BCUT2D eigenvalue weighted by atomic mass is 16.5. The van der Waals surface area contributed by atoms with Crippen LogP contribution in [-0.2, 0) is 11.3 Å². The summed E-state index contributed by atoms with van der Waals surface area (Å²) in [4.78, 5) is 4.34. The number of nitrogens with zero attached hydrogens (tertiary/aromatic N) is 1. The predicted molar refractivity (Wildman–Crippen MR) is 77.9 cm³/mol. The summed E-state index contributed by atoms with van der Waals surface area (Å²) in [6, 6.07) is 5.59. The Morgan fingerprint density at radius 2 is 2.05 bits per heavy atom. The lowest BCUT2D eigenvalue weighted by Gasteiger charge is -2.11. The Bertz CT molecular complexity index is 438. The van der Waals surface area contributed by atoms with Crippen molar-refractivity contribution >= 4 is 5.96 Å². The number of hydrogen-bond donors (Lipinski definition) is 3. The van der Waals surface area contributed by atoms with Crippen molar-refractivity contribution in [3.05, 3.63) is 23.8 Å². The van der Waals surface area contributed by atoms with Gasteiger partial charge in [-0.15, -0.1) is 0 Å². The van der Waals surface area contributed by atoms with Crippen LogP contribution in [0.25, 0.3) is 0 Å². The SMILES string of the molecule is COCCNC(=NCc1ccc(OC)cc1OC)NN. The summed E-state index contributed by atoms with van der Waals surface area (Å²) in [5.41, 5.74) is 3.45. The summed E-state index contributed by atoms with van der Waals surface area (Å²) in [5.74, 6) is 7.36. The van der Waals surface area contributed by atoms with E-state index in [-0.39, 0.29) is 0 Å². The van der Waals surface area contributed by atoms with Crippen LogP contribution in [0.4, 0.5) is 0 Å². The second-order valence-electron chi connectivity index (χ2n) is 3.91. The largest absolute Gasteiger partial charge is 0.497 e. The molecule has 7 nitrogen and oxygen atoms in total. The van der Waals surface area contributed by atoms with Crippen molar-refractivity contribution in [2.24, 2.45) is 10.8 Å². The molecule has 0 atom stereocenters. The minimum Gasteiger partial charge on any atom is -0.497 e. The fourth-order valence-corrected chi connectivity index (χ4v) is 1.57. The molecular formula is C13H22N4O3. The number of hydrogen-bond acceptors (Lipinski definition) is 5. The number of benzene rings is 1. The first kappa shape index (κ1) is 16.1. The van der Waals surface area contributed by atoms with Gasteiger partial charge in [0, 0.05) is 25.3 Å². The molecule has 0 amide bonds. The van der Waals surface area contributed by atoms with E-state index in [1.54, 1.807) is 21.3 Å². The summed E-state index contributed by atoms with van der Waals surface area (Å²) in [6.07, 6.45) is 0. The third kappa shape index (κ3) is 4.94. The minimum atomic E-state index is 0.437. The van der Waals surface area contributed by atoms with Crippen molar-refractivity contribution in [3.8, 4) is 11.5 Å². The molecule has 0 aliphatic rings. The number of methoxy groups -OCH3 is 3. The van der Waals surface area contributed by atoms with E-state index in [1.165, 1.54) is 0 Å². The van der Waals surface area contributed by atoms with E-state index in [1.807, 2.05) is 18.2 Å². The first-order valence-electron chi connectivity index (χ1n) is 6.20. The molecule has 0 heterocycles. The van der Waals surface area contributed by atoms with Crippen LogP contribution in [-0.4, -0.2) is 40.4 Å². The maximum atomic E-state index is 5.40. The Kier molecular flexibility index (Phi) is 7.23. The Balaban J connectivity index is 2.70. The quantitative estimate of drug-likeness (QED) is 0.218. The highest BCUT2D eigenvalue weighted by Gasteiger charge is 2.05. The van der Waals surface area contributed by atoms with Crippen molar-refractivity contribution in [3.63, 3.8) is 0 Å². The zero-order valence-corrected chi connectivity index (χ0v) is 12.1. The first-order valence-corrected chi connectivity index (χ1v) is 6.20. The lowest BCUT2D eigenvalue weighted by Crippen LogP contribution is -2.42. The van der Waals surface area contributed by atoms with E-state index in [0.29, 0.717) is 25.7 Å². The van der Waals surface area contributed by atoms with Crippen LogP contribution in [0.15, 0.2) is 23.2 Å². The number of nitrogens with two attached hydrogens (primary N) is 1. The van der Waals surface area contributed by atoms with Crippen molar-refractivity contribution < 1.29 is 14.2 Å². The number of rotatable bonds is 7. The number of guanidine groups is 1. The summed E-state index contributed by atoms with van der Waals surface area (Å²) in [6.45, 7) is 1.64. The highest BCUT2D eigenvalue weighted by Crippen LogP contribution is 2.24. The summed E-state index contributed by atoms with van der Waals surface area (Å²) >= 11 is 0. The smallest absolute Gasteiger partial charge is 0.206 e. The maximum Gasteiger partial charge on any atom is 0.206 e. The number of ether oxygens (including phenoxy) is 3. The van der Waals surface area contributed by atoms with E-state index in [0.717, 1.165) is 17.1 Å². The van der Waals surface area contributed by atoms with E-state index in [9.17, 15) is 0 Å². The normalized spacial score (nSPS) is 11.1. The van der Waals surface area contributed by atoms with Gasteiger partial charge in [-0.3, -0.25) is 5.43 Å². The molecule has 0 radical (unpaired) electrons. The summed E-state index contributed by atoms with van der Waals surface area (Å²) in [5, 5.41) is 3.02. The lowest BCUT2D eigenvalue weighted by molar-refractivity contribution is 0.203. The van der Waals surface area contributed by atoms with Crippen LogP contribution in [0.5, 0.6) is 11.5 Å². The minimum absolute atomic E-state index is 0.437. The molecule has 0 bridgehead atoms. The van der Waals surface area contributed by atoms with Gasteiger partial charge in [-0.05, 0) is 12.1 Å². The van der Waals surface area contributed by atoms with Crippen LogP contribution in [0.2, 0.25) is 0 Å². The van der Waals surface area contributed by atoms with Crippen LogP contribution in [0.1, 0.15) is 5.56 Å². The van der Waals surface area contributed by atoms with E-state index in [4.69, 9.17) is 20.1 Å². The summed E-state index contributed by atoms with van der Waals surface area (Å²) < 4.78 is 15.4. The Morgan fingerprint density at radius 3 is 2.65 bits per heavy atom. The Morgan fingerprint density at radius 1 is 1.25 bits per heavy atom. The molecule has 0 fully saturated rings. The van der Waals surface area contributed by atoms with Gasteiger partial charge in [0.2, 0.25) is 5.96 Å². The fraction of sp³-hybridized carbons (Fsp3) is 0.462. The zero-order chi connectivity index (χ0) is 14.8. The van der Waals surface area contributed by atoms with Crippen molar-refractivity contribution in [1.29, 1.82) is 0 Å². The maximum absolute atomic E-state index is 5.40. The zero-order valence-electron chi connectivity index (χ0n) is 12.1. The highest BCUT2D eigenvalue weighted by molar-refractivity contribution is 5.79. The first-order chi connectivity index (χ1) is 9.74. The van der Waals surface area contributed by atoms with Gasteiger partial charge < -0.3 is 19.5 Å². The van der Waals surface area contributed by atoms with Gasteiger partial charge in [0.25, 0.3) is 0 Å². The number of hydrazine groups is 1. The molecule has 1 rings (SSSR count). The second-order valence-corrected chi connectivity index (χ2v) is 3.91. The Hall–Kier alpha value is -1.99. The van der Waals surface area contributed by atoms with Gasteiger partial charge in [-0.2, -0.15) is 0 Å². The van der Waals surface area contributed by atoms with Gasteiger partial charge in [0.05, 0.1) is 27.4 Å². The molecule has 20 heavy (non-hydrogen) atoms. The van der Waals surface area contributed by atoms with E-state index in [2.05, 4.69) is 15.7 Å². The molecule has 7 heteroatoms. The summed E-state index contributed by atoms with van der Waals surface area (Å²) in [7, 11) is 4.86. The van der Waals surface area contributed by atoms with Crippen LogP contribution in [0.3, 0.4) is 0 Å². The van der Waals surface area contributed by atoms with Gasteiger partial charge in [-0.1, -0.05) is 0 Å². The fourth-order valence-electron chi connectivity index (χ4n) is 1.57. The molecule has 0 aliphatic carbocycles. The van der Waals surface area contributed by atoms with Crippen molar-refractivity contribution in [2.75, 3.05) is 34.5 Å². The average Bonchev–Trinajstić information content (AvgIpc) is 2.50. The monoisotopic (exact) mass is 282 g/mol. The third-order valence-electron chi connectivity index (χ3n) is 2.64. The molecule has 0 aromatic heterocycles. The molecule has 0 saturated heterocycles. The van der Waals surface area contributed by atoms with E-state index < -0.39 is 0 Å². The topological polar surface area (TPSA) is 90.1 Å². The predicted octanol–water partition coefficient (Wildman–Crippen LogP) is 0.259. The van der Waals surface area contributed by atoms with Crippen molar-refractivity contribution in [1.82, 2.24) is 10.7 Å². The molecule has 0 unspecified atom stereocenters. The number of nitrogens with one attached hydrogen (secondary N) is 2. The molecule has 4 N–H and O–H groups in total. The second kappa shape index (κ2) is 9.00. The van der Waals surface area contributed by atoms with Gasteiger partial charge in [0.1, 0.15) is 11.5 Å². The number of aliphatic imine (C=N–C) groups is 1.